The number of carbonyl (C=O) groups is 1. The first-order valence-electron chi connectivity index (χ1n) is 9.44. The summed E-state index contributed by atoms with van der Waals surface area (Å²) in [5, 5.41) is 10.5. The van der Waals surface area contributed by atoms with Crippen LogP contribution in [0, 0.1) is 5.82 Å². The van der Waals surface area contributed by atoms with E-state index in [1.165, 1.54) is 34.8 Å². The van der Waals surface area contributed by atoms with Crippen LogP contribution in [0.1, 0.15) is 20.8 Å². The number of aromatic nitrogens is 3. The maximum absolute atomic E-state index is 13.3. The Kier molecular flexibility index (Phi) is 7.20. The lowest BCUT2D eigenvalue weighted by atomic mass is 10.3. The SMILES string of the molecule is CCN(CC)S(=O)(=O)c1ccc2nnc(SC(C)C(=O)Nc3ccc(F)c(Cl)c3)n2c1. The number of hydrogen-bond acceptors (Lipinski definition) is 6. The van der Waals surface area contributed by atoms with Gasteiger partial charge in [-0.25, -0.2) is 12.8 Å². The van der Waals surface area contributed by atoms with Gasteiger partial charge in [0.05, 0.1) is 15.2 Å². The van der Waals surface area contributed by atoms with Gasteiger partial charge in [-0.2, -0.15) is 4.31 Å². The summed E-state index contributed by atoms with van der Waals surface area (Å²) in [7, 11) is -3.66. The first kappa shape index (κ1) is 23.5. The summed E-state index contributed by atoms with van der Waals surface area (Å²) in [4.78, 5) is 12.6. The second-order valence-electron chi connectivity index (χ2n) is 6.54. The van der Waals surface area contributed by atoms with Crippen LogP contribution in [0.5, 0.6) is 0 Å². The van der Waals surface area contributed by atoms with E-state index >= 15 is 0 Å². The van der Waals surface area contributed by atoms with E-state index in [-0.39, 0.29) is 15.8 Å². The van der Waals surface area contributed by atoms with E-state index in [9.17, 15) is 17.6 Å². The van der Waals surface area contributed by atoms with Gasteiger partial charge in [0.2, 0.25) is 15.9 Å². The van der Waals surface area contributed by atoms with Crippen molar-refractivity contribution in [2.24, 2.45) is 0 Å². The lowest BCUT2D eigenvalue weighted by Crippen LogP contribution is -2.30. The fraction of sp³-hybridized carbons (Fsp3) is 0.316. The minimum atomic E-state index is -3.66. The Labute approximate surface area is 188 Å². The molecule has 166 valence electrons. The molecule has 0 aliphatic carbocycles. The van der Waals surface area contributed by atoms with E-state index in [1.54, 1.807) is 31.2 Å². The molecule has 1 atom stereocenters. The number of hydrogen-bond donors (Lipinski definition) is 1. The quantitative estimate of drug-likeness (QED) is 0.489. The fourth-order valence-electron chi connectivity index (χ4n) is 2.83. The molecule has 3 rings (SSSR count). The molecule has 1 unspecified atom stereocenters. The van der Waals surface area contributed by atoms with Gasteiger partial charge in [-0.05, 0) is 37.3 Å². The molecule has 3 aromatic rings. The summed E-state index contributed by atoms with van der Waals surface area (Å²) in [5.74, 6) is -0.927. The lowest BCUT2D eigenvalue weighted by molar-refractivity contribution is -0.115. The van der Waals surface area contributed by atoms with Gasteiger partial charge in [-0.1, -0.05) is 37.2 Å². The van der Waals surface area contributed by atoms with Crippen molar-refractivity contribution in [1.82, 2.24) is 18.9 Å². The number of benzene rings is 1. The molecule has 0 aliphatic rings. The molecule has 1 N–H and O–H groups in total. The molecule has 0 spiro atoms. The molecule has 12 heteroatoms. The number of anilines is 1. The van der Waals surface area contributed by atoms with Gasteiger partial charge >= 0.3 is 0 Å². The van der Waals surface area contributed by atoms with E-state index in [4.69, 9.17) is 11.6 Å². The molecule has 1 aromatic carbocycles. The Bertz CT molecular complexity index is 1210. The van der Waals surface area contributed by atoms with Crippen LogP contribution in [-0.4, -0.2) is 51.6 Å². The third-order valence-electron chi connectivity index (χ3n) is 4.53. The van der Waals surface area contributed by atoms with Crippen molar-refractivity contribution in [3.8, 4) is 0 Å². The molecule has 1 amide bonds. The minimum absolute atomic E-state index is 0.0940. The van der Waals surface area contributed by atoms with Gasteiger partial charge in [-0.15, -0.1) is 10.2 Å². The van der Waals surface area contributed by atoms with Crippen molar-refractivity contribution in [3.63, 3.8) is 0 Å². The highest BCUT2D eigenvalue weighted by molar-refractivity contribution is 8.00. The van der Waals surface area contributed by atoms with Crippen LogP contribution in [0.2, 0.25) is 5.02 Å². The van der Waals surface area contributed by atoms with Crippen molar-refractivity contribution >= 4 is 50.6 Å². The van der Waals surface area contributed by atoms with Crippen LogP contribution < -0.4 is 5.32 Å². The number of nitrogens with zero attached hydrogens (tertiary/aromatic N) is 4. The van der Waals surface area contributed by atoms with E-state index in [0.29, 0.717) is 29.6 Å². The highest BCUT2D eigenvalue weighted by Crippen LogP contribution is 2.26. The second-order valence-corrected chi connectivity index (χ2v) is 10.2. The fourth-order valence-corrected chi connectivity index (χ4v) is 5.29. The molecule has 0 aliphatic heterocycles. The third kappa shape index (κ3) is 5.00. The second kappa shape index (κ2) is 9.51. The number of fused-ring (bicyclic) bond motifs is 1. The summed E-state index contributed by atoms with van der Waals surface area (Å²) < 4.78 is 41.8. The highest BCUT2D eigenvalue weighted by atomic mass is 35.5. The Morgan fingerprint density at radius 1 is 1.26 bits per heavy atom. The number of sulfonamides is 1. The Hall–Kier alpha value is -2.21. The summed E-state index contributed by atoms with van der Waals surface area (Å²) in [6, 6.07) is 6.95. The van der Waals surface area contributed by atoms with Gasteiger partial charge < -0.3 is 5.32 Å². The topological polar surface area (TPSA) is 96.7 Å². The Balaban J connectivity index is 1.82. The number of nitrogens with one attached hydrogen (secondary N) is 1. The predicted molar refractivity (Wildman–Crippen MR) is 118 cm³/mol. The summed E-state index contributed by atoms with van der Waals surface area (Å²) >= 11 is 6.86. The molecule has 0 saturated heterocycles. The number of pyridine rings is 1. The molecule has 0 fully saturated rings. The Morgan fingerprint density at radius 3 is 2.61 bits per heavy atom. The molecule has 31 heavy (non-hydrogen) atoms. The molecular weight excluding hydrogens is 465 g/mol. The van der Waals surface area contributed by atoms with Crippen molar-refractivity contribution in [2.75, 3.05) is 18.4 Å². The number of amides is 1. The lowest BCUT2D eigenvalue weighted by Gasteiger charge is -2.18. The van der Waals surface area contributed by atoms with E-state index in [0.717, 1.165) is 11.8 Å². The Morgan fingerprint density at radius 2 is 1.97 bits per heavy atom. The van der Waals surface area contributed by atoms with Crippen molar-refractivity contribution in [2.45, 2.75) is 36.1 Å². The van der Waals surface area contributed by atoms with Gasteiger partial charge in [0.25, 0.3) is 0 Å². The van der Waals surface area contributed by atoms with E-state index < -0.39 is 21.1 Å². The molecular formula is C19H21ClFN5O3S2. The van der Waals surface area contributed by atoms with Crippen LogP contribution in [0.4, 0.5) is 10.1 Å². The van der Waals surface area contributed by atoms with Crippen LogP contribution in [0.15, 0.2) is 46.6 Å². The maximum Gasteiger partial charge on any atom is 0.244 e. The van der Waals surface area contributed by atoms with Gasteiger partial charge in [0, 0.05) is 25.0 Å². The minimum Gasteiger partial charge on any atom is -0.325 e. The van der Waals surface area contributed by atoms with Crippen molar-refractivity contribution in [1.29, 1.82) is 0 Å². The number of rotatable bonds is 8. The number of carbonyl (C=O) groups excluding carboxylic acids is 1. The molecule has 2 heterocycles. The standard InChI is InChI=1S/C19H21ClFN5O3S2/c1-4-25(5-2)31(28,29)14-7-9-17-23-24-19(26(17)11-14)30-12(3)18(27)22-13-6-8-16(21)15(20)10-13/h6-12H,4-5H2,1-3H3,(H,22,27). The largest absolute Gasteiger partial charge is 0.325 e. The van der Waals surface area contributed by atoms with Crippen LogP contribution in [0.25, 0.3) is 5.65 Å². The monoisotopic (exact) mass is 485 g/mol. The summed E-state index contributed by atoms with van der Waals surface area (Å²) in [6.45, 7) is 5.92. The van der Waals surface area contributed by atoms with E-state index in [1.807, 2.05) is 0 Å². The molecule has 0 saturated carbocycles. The molecule has 8 nitrogen and oxygen atoms in total. The average Bonchev–Trinajstić information content (AvgIpc) is 3.13. The predicted octanol–water partition coefficient (Wildman–Crippen LogP) is 3.67. The normalized spacial score (nSPS) is 13.0. The van der Waals surface area contributed by atoms with E-state index in [2.05, 4.69) is 15.5 Å². The van der Waals surface area contributed by atoms with Crippen molar-refractivity contribution in [3.05, 3.63) is 47.4 Å². The molecule has 0 bridgehead atoms. The zero-order valence-corrected chi connectivity index (χ0v) is 19.4. The van der Waals surface area contributed by atoms with Crippen LogP contribution in [-0.2, 0) is 14.8 Å². The number of thioether (sulfide) groups is 1. The van der Waals surface area contributed by atoms with Crippen molar-refractivity contribution < 1.29 is 17.6 Å². The first-order chi connectivity index (χ1) is 14.7. The summed E-state index contributed by atoms with van der Waals surface area (Å²) in [5.41, 5.74) is 0.821. The van der Waals surface area contributed by atoms with Gasteiger partial charge in [0.1, 0.15) is 5.82 Å². The van der Waals surface area contributed by atoms with Crippen LogP contribution >= 0.6 is 23.4 Å². The molecule has 0 radical (unpaired) electrons. The highest BCUT2D eigenvalue weighted by Gasteiger charge is 2.24. The zero-order valence-electron chi connectivity index (χ0n) is 17.0. The maximum atomic E-state index is 13.3. The average molecular weight is 486 g/mol. The van der Waals surface area contributed by atoms with Crippen LogP contribution in [0.3, 0.4) is 0 Å². The zero-order chi connectivity index (χ0) is 22.8. The first-order valence-corrected chi connectivity index (χ1v) is 12.1. The smallest absolute Gasteiger partial charge is 0.244 e. The molecule has 2 aromatic heterocycles. The number of halogens is 2. The van der Waals surface area contributed by atoms with Gasteiger partial charge in [-0.3, -0.25) is 9.20 Å². The third-order valence-corrected chi connectivity index (χ3v) is 7.91. The summed E-state index contributed by atoms with van der Waals surface area (Å²) in [6.07, 6.45) is 1.45. The van der Waals surface area contributed by atoms with Gasteiger partial charge in [0.15, 0.2) is 10.8 Å².